The molecule has 1 aromatic rings. The zero-order chi connectivity index (χ0) is 15.3. The van der Waals surface area contributed by atoms with Crippen molar-refractivity contribution >= 4 is 5.69 Å². The van der Waals surface area contributed by atoms with Crippen LogP contribution in [0.1, 0.15) is 32.6 Å². The molecule has 0 aliphatic heterocycles. The summed E-state index contributed by atoms with van der Waals surface area (Å²) in [7, 11) is 5.99. The molecule has 1 N–H and O–H groups in total. The molecule has 1 aliphatic rings. The molecule has 0 spiro atoms. The Bertz CT molecular complexity index is 421. The van der Waals surface area contributed by atoms with E-state index in [0.29, 0.717) is 5.41 Å². The Labute approximate surface area is 129 Å². The highest BCUT2D eigenvalue weighted by Crippen LogP contribution is 2.39. The summed E-state index contributed by atoms with van der Waals surface area (Å²) in [5.74, 6) is 1.81. The van der Waals surface area contributed by atoms with E-state index in [2.05, 4.69) is 43.4 Å². The molecule has 21 heavy (non-hydrogen) atoms. The number of ether oxygens (including phenoxy) is 1. The summed E-state index contributed by atoms with van der Waals surface area (Å²) in [5, 5.41) is 3.42. The Morgan fingerprint density at radius 1 is 1.24 bits per heavy atom. The first-order valence-electron chi connectivity index (χ1n) is 8.08. The Morgan fingerprint density at radius 3 is 2.38 bits per heavy atom. The van der Waals surface area contributed by atoms with E-state index in [-0.39, 0.29) is 0 Å². The predicted molar refractivity (Wildman–Crippen MR) is 90.3 cm³/mol. The van der Waals surface area contributed by atoms with Crippen molar-refractivity contribution in [1.82, 2.24) is 5.32 Å². The quantitative estimate of drug-likeness (QED) is 0.867. The van der Waals surface area contributed by atoms with Gasteiger partial charge in [-0.2, -0.15) is 0 Å². The van der Waals surface area contributed by atoms with Crippen LogP contribution < -0.4 is 15.0 Å². The molecule has 1 saturated carbocycles. The number of methoxy groups -OCH3 is 1. The average molecular weight is 290 g/mol. The van der Waals surface area contributed by atoms with Gasteiger partial charge in [-0.1, -0.05) is 19.8 Å². The number of anilines is 1. The van der Waals surface area contributed by atoms with Crippen LogP contribution in [0.3, 0.4) is 0 Å². The molecule has 0 aromatic heterocycles. The summed E-state index contributed by atoms with van der Waals surface area (Å²) in [6.45, 7) is 4.61. The second kappa shape index (κ2) is 7.17. The first-order chi connectivity index (χ1) is 10.1. The third-order valence-electron chi connectivity index (χ3n) is 4.97. The van der Waals surface area contributed by atoms with Crippen molar-refractivity contribution in [3.8, 4) is 5.75 Å². The predicted octanol–water partition coefficient (Wildman–Crippen LogP) is 3.55. The maximum Gasteiger partial charge on any atom is 0.119 e. The summed E-state index contributed by atoms with van der Waals surface area (Å²) >= 11 is 0. The maximum atomic E-state index is 5.24. The van der Waals surface area contributed by atoms with Gasteiger partial charge in [-0.25, -0.2) is 0 Å². The van der Waals surface area contributed by atoms with Gasteiger partial charge >= 0.3 is 0 Å². The smallest absolute Gasteiger partial charge is 0.119 e. The molecular weight excluding hydrogens is 260 g/mol. The molecule has 0 amide bonds. The third kappa shape index (κ3) is 4.13. The minimum atomic E-state index is 0.413. The van der Waals surface area contributed by atoms with Crippen LogP contribution in [0.5, 0.6) is 5.75 Å². The van der Waals surface area contributed by atoms with Crippen molar-refractivity contribution in [3.05, 3.63) is 24.3 Å². The van der Waals surface area contributed by atoms with E-state index in [1.54, 1.807) is 7.11 Å². The van der Waals surface area contributed by atoms with Crippen LogP contribution >= 0.6 is 0 Å². The van der Waals surface area contributed by atoms with E-state index in [4.69, 9.17) is 4.74 Å². The summed E-state index contributed by atoms with van der Waals surface area (Å²) in [6, 6.07) is 8.38. The van der Waals surface area contributed by atoms with Gasteiger partial charge in [0.2, 0.25) is 0 Å². The van der Waals surface area contributed by atoms with Crippen LogP contribution in [-0.4, -0.2) is 34.3 Å². The summed E-state index contributed by atoms with van der Waals surface area (Å²) in [4.78, 5) is 2.40. The van der Waals surface area contributed by atoms with E-state index in [1.807, 2.05) is 12.1 Å². The van der Waals surface area contributed by atoms with Crippen molar-refractivity contribution in [1.29, 1.82) is 0 Å². The second-order valence-corrected chi connectivity index (χ2v) is 6.77. The molecule has 0 bridgehead atoms. The summed E-state index contributed by atoms with van der Waals surface area (Å²) in [5.41, 5.74) is 1.68. The molecule has 1 aliphatic carbocycles. The van der Waals surface area contributed by atoms with Gasteiger partial charge in [-0.3, -0.25) is 0 Å². The second-order valence-electron chi connectivity index (χ2n) is 6.77. The molecule has 3 heteroatoms. The molecule has 1 fully saturated rings. The van der Waals surface area contributed by atoms with E-state index >= 15 is 0 Å². The Balaban J connectivity index is 2.04. The zero-order valence-electron chi connectivity index (χ0n) is 14.0. The van der Waals surface area contributed by atoms with Gasteiger partial charge in [0.15, 0.2) is 0 Å². The molecular formula is C18H30N2O. The Morgan fingerprint density at radius 2 is 1.86 bits per heavy atom. The van der Waals surface area contributed by atoms with E-state index < -0.39 is 0 Å². The number of benzene rings is 1. The SMILES string of the molecule is CNCC1(CN(C)c2ccc(OC)cc2)CCC(C)CC1. The van der Waals surface area contributed by atoms with Crippen LogP contribution in [0, 0.1) is 11.3 Å². The first-order valence-corrected chi connectivity index (χ1v) is 8.08. The normalized spacial score (nSPS) is 25.6. The molecule has 1 aromatic carbocycles. The topological polar surface area (TPSA) is 24.5 Å². The molecule has 2 rings (SSSR count). The number of nitrogens with zero attached hydrogens (tertiary/aromatic N) is 1. The molecule has 3 nitrogen and oxygen atoms in total. The van der Waals surface area contributed by atoms with Gasteiger partial charge in [0.1, 0.15) is 5.75 Å². The minimum absolute atomic E-state index is 0.413. The Hall–Kier alpha value is -1.22. The first kappa shape index (κ1) is 16.2. The third-order valence-corrected chi connectivity index (χ3v) is 4.97. The van der Waals surface area contributed by atoms with Gasteiger partial charge in [0.05, 0.1) is 7.11 Å². The number of nitrogens with one attached hydrogen (secondary N) is 1. The molecule has 0 heterocycles. The van der Waals surface area contributed by atoms with Gasteiger partial charge in [-0.05, 0) is 50.1 Å². The van der Waals surface area contributed by atoms with E-state index in [9.17, 15) is 0 Å². The molecule has 0 unspecified atom stereocenters. The number of hydrogen-bond acceptors (Lipinski definition) is 3. The van der Waals surface area contributed by atoms with Crippen molar-refractivity contribution < 1.29 is 4.74 Å². The molecule has 0 atom stereocenters. The lowest BCUT2D eigenvalue weighted by atomic mass is 9.70. The highest BCUT2D eigenvalue weighted by Gasteiger charge is 2.34. The lowest BCUT2D eigenvalue weighted by molar-refractivity contribution is 0.161. The monoisotopic (exact) mass is 290 g/mol. The number of hydrogen-bond donors (Lipinski definition) is 1. The van der Waals surface area contributed by atoms with E-state index in [0.717, 1.165) is 24.8 Å². The van der Waals surface area contributed by atoms with Gasteiger partial charge in [0.25, 0.3) is 0 Å². The fourth-order valence-electron chi connectivity index (χ4n) is 3.57. The lowest BCUT2D eigenvalue weighted by Crippen LogP contribution is -2.44. The van der Waals surface area contributed by atoms with Crippen LogP contribution in [0.25, 0.3) is 0 Å². The fourth-order valence-corrected chi connectivity index (χ4v) is 3.57. The Kier molecular flexibility index (Phi) is 5.51. The standard InChI is InChI=1S/C18H30N2O/c1-15-9-11-18(12-10-15,13-19-2)14-20(3)16-5-7-17(21-4)8-6-16/h5-8,15,19H,9-14H2,1-4H3. The molecule has 0 radical (unpaired) electrons. The summed E-state index contributed by atoms with van der Waals surface area (Å²) in [6.07, 6.45) is 5.38. The van der Waals surface area contributed by atoms with Crippen molar-refractivity contribution in [2.45, 2.75) is 32.6 Å². The fraction of sp³-hybridized carbons (Fsp3) is 0.667. The average Bonchev–Trinajstić information content (AvgIpc) is 2.51. The molecule has 0 saturated heterocycles. The van der Waals surface area contributed by atoms with Crippen LogP contribution in [0.4, 0.5) is 5.69 Å². The summed E-state index contributed by atoms with van der Waals surface area (Å²) < 4.78 is 5.24. The van der Waals surface area contributed by atoms with Gasteiger partial charge < -0.3 is 15.0 Å². The zero-order valence-corrected chi connectivity index (χ0v) is 14.0. The van der Waals surface area contributed by atoms with Gasteiger partial charge in [0, 0.05) is 31.2 Å². The minimum Gasteiger partial charge on any atom is -0.497 e. The number of rotatable bonds is 6. The van der Waals surface area contributed by atoms with Gasteiger partial charge in [-0.15, -0.1) is 0 Å². The highest BCUT2D eigenvalue weighted by molar-refractivity contribution is 5.48. The van der Waals surface area contributed by atoms with Crippen LogP contribution in [0.2, 0.25) is 0 Å². The van der Waals surface area contributed by atoms with E-state index in [1.165, 1.54) is 31.4 Å². The lowest BCUT2D eigenvalue weighted by Gasteiger charge is -2.42. The van der Waals surface area contributed by atoms with Crippen LogP contribution in [-0.2, 0) is 0 Å². The molecule has 118 valence electrons. The van der Waals surface area contributed by atoms with Crippen molar-refractivity contribution in [2.24, 2.45) is 11.3 Å². The highest BCUT2D eigenvalue weighted by atomic mass is 16.5. The maximum absolute atomic E-state index is 5.24. The van der Waals surface area contributed by atoms with Crippen LogP contribution in [0.15, 0.2) is 24.3 Å². The van der Waals surface area contributed by atoms with Crippen molar-refractivity contribution in [2.75, 3.05) is 39.2 Å². The largest absolute Gasteiger partial charge is 0.497 e. The van der Waals surface area contributed by atoms with Crippen molar-refractivity contribution in [3.63, 3.8) is 0 Å².